The number of rotatable bonds is 9. The largest absolute Gasteiger partial charge is 0.494 e. The van der Waals surface area contributed by atoms with Gasteiger partial charge in [0.25, 0.3) is 0 Å². The molecule has 1 aromatic carbocycles. The van der Waals surface area contributed by atoms with Gasteiger partial charge in [0.2, 0.25) is 5.91 Å². The quantitative estimate of drug-likeness (QED) is 0.661. The minimum atomic E-state index is 0.0756. The van der Waals surface area contributed by atoms with Crippen molar-refractivity contribution in [2.24, 2.45) is 5.73 Å². The predicted octanol–water partition coefficient (Wildman–Crippen LogP) is 0.982. The lowest BCUT2D eigenvalue weighted by Crippen LogP contribution is -2.27. The summed E-state index contributed by atoms with van der Waals surface area (Å²) >= 11 is 0. The van der Waals surface area contributed by atoms with Crippen LogP contribution < -0.4 is 15.8 Å². The fraction of sp³-hybridized carbons (Fsp3) is 0.533. The molecule has 0 aliphatic rings. The van der Waals surface area contributed by atoms with Crippen LogP contribution in [0.25, 0.3) is 0 Å². The smallest absolute Gasteiger partial charge is 0.221 e. The molecule has 0 saturated carbocycles. The van der Waals surface area contributed by atoms with E-state index in [2.05, 4.69) is 10.2 Å². The number of benzene rings is 1. The Morgan fingerprint density at radius 3 is 2.90 bits per heavy atom. The van der Waals surface area contributed by atoms with Crippen molar-refractivity contribution in [3.8, 4) is 5.75 Å². The van der Waals surface area contributed by atoms with Crippen molar-refractivity contribution < 1.29 is 9.53 Å². The molecule has 0 radical (unpaired) electrons. The highest BCUT2D eigenvalue weighted by atomic mass is 16.5. The number of carbonyl (C=O) groups excluding carboxylic acids is 1. The molecule has 5 nitrogen and oxygen atoms in total. The molecule has 3 N–H and O–H groups in total. The van der Waals surface area contributed by atoms with E-state index in [1.807, 2.05) is 31.3 Å². The Labute approximate surface area is 121 Å². The number of hydrogen-bond acceptors (Lipinski definition) is 4. The maximum Gasteiger partial charge on any atom is 0.221 e. The summed E-state index contributed by atoms with van der Waals surface area (Å²) in [5, 5.41) is 2.62. The molecule has 0 aliphatic heterocycles. The summed E-state index contributed by atoms with van der Waals surface area (Å²) in [5.41, 5.74) is 6.66. The van der Waals surface area contributed by atoms with Gasteiger partial charge >= 0.3 is 0 Å². The van der Waals surface area contributed by atoms with Crippen LogP contribution in [0.3, 0.4) is 0 Å². The van der Waals surface area contributed by atoms with E-state index in [1.54, 1.807) is 7.05 Å². The Morgan fingerprint density at radius 1 is 1.40 bits per heavy atom. The third kappa shape index (κ3) is 6.54. The van der Waals surface area contributed by atoms with E-state index in [0.29, 0.717) is 19.6 Å². The van der Waals surface area contributed by atoms with Crippen LogP contribution in [0, 0.1) is 0 Å². The van der Waals surface area contributed by atoms with Gasteiger partial charge in [0.05, 0.1) is 6.61 Å². The molecule has 0 fully saturated rings. The lowest BCUT2D eigenvalue weighted by Gasteiger charge is -2.16. The standard InChI is InChI=1S/C15H25N3O2/c1-17-15(19)7-9-18(2)8-4-10-20-14-6-3-5-13(11-14)12-16/h3,5-6,11H,4,7-10,12,16H2,1-2H3,(H,17,19). The molecular formula is C15H25N3O2. The van der Waals surface area contributed by atoms with Gasteiger partial charge in [-0.05, 0) is 31.2 Å². The number of nitrogens with two attached hydrogens (primary N) is 1. The highest BCUT2D eigenvalue weighted by Crippen LogP contribution is 2.12. The van der Waals surface area contributed by atoms with Gasteiger partial charge in [-0.15, -0.1) is 0 Å². The Balaban J connectivity index is 2.16. The summed E-state index contributed by atoms with van der Waals surface area (Å²) in [5.74, 6) is 0.938. The zero-order chi connectivity index (χ0) is 14.8. The number of nitrogens with zero attached hydrogens (tertiary/aromatic N) is 1. The Hall–Kier alpha value is -1.59. The number of hydrogen-bond donors (Lipinski definition) is 2. The zero-order valence-corrected chi connectivity index (χ0v) is 12.4. The number of ether oxygens (including phenoxy) is 1. The van der Waals surface area contributed by atoms with E-state index in [9.17, 15) is 4.79 Å². The first-order chi connectivity index (χ1) is 9.65. The number of amides is 1. The topological polar surface area (TPSA) is 67.6 Å². The first-order valence-corrected chi connectivity index (χ1v) is 6.96. The summed E-state index contributed by atoms with van der Waals surface area (Å²) in [4.78, 5) is 13.3. The van der Waals surface area contributed by atoms with E-state index in [-0.39, 0.29) is 5.91 Å². The lowest BCUT2D eigenvalue weighted by atomic mass is 10.2. The Morgan fingerprint density at radius 2 is 2.20 bits per heavy atom. The molecule has 0 atom stereocenters. The fourth-order valence-electron chi connectivity index (χ4n) is 1.82. The first kappa shape index (κ1) is 16.5. The third-order valence-electron chi connectivity index (χ3n) is 3.09. The minimum Gasteiger partial charge on any atom is -0.494 e. The maximum atomic E-state index is 11.1. The van der Waals surface area contributed by atoms with E-state index >= 15 is 0 Å². The van der Waals surface area contributed by atoms with Gasteiger partial charge < -0.3 is 20.7 Å². The van der Waals surface area contributed by atoms with Crippen molar-refractivity contribution in [3.05, 3.63) is 29.8 Å². The van der Waals surface area contributed by atoms with Gasteiger partial charge in [0.1, 0.15) is 5.75 Å². The van der Waals surface area contributed by atoms with Gasteiger partial charge in [-0.25, -0.2) is 0 Å². The Kier molecular flexibility index (Phi) is 7.69. The average Bonchev–Trinajstić information content (AvgIpc) is 2.49. The van der Waals surface area contributed by atoms with Crippen LogP contribution in [0.2, 0.25) is 0 Å². The minimum absolute atomic E-state index is 0.0756. The van der Waals surface area contributed by atoms with Crippen LogP contribution >= 0.6 is 0 Å². The molecular weight excluding hydrogens is 254 g/mol. The van der Waals surface area contributed by atoms with Crippen LogP contribution in [0.4, 0.5) is 0 Å². The molecule has 1 aromatic rings. The molecule has 5 heteroatoms. The lowest BCUT2D eigenvalue weighted by molar-refractivity contribution is -0.120. The summed E-state index contributed by atoms with van der Waals surface area (Å²) in [6.45, 7) is 2.87. The normalized spacial score (nSPS) is 10.6. The van der Waals surface area contributed by atoms with Crippen LogP contribution in [0.5, 0.6) is 5.75 Å². The summed E-state index contributed by atoms with van der Waals surface area (Å²) in [6, 6.07) is 7.84. The molecule has 1 amide bonds. The van der Waals surface area contributed by atoms with Crippen LogP contribution in [-0.4, -0.2) is 44.6 Å². The van der Waals surface area contributed by atoms with Crippen molar-refractivity contribution in [1.29, 1.82) is 0 Å². The molecule has 0 unspecified atom stereocenters. The molecule has 1 rings (SSSR count). The van der Waals surface area contributed by atoms with Crippen molar-refractivity contribution >= 4 is 5.91 Å². The Bertz CT molecular complexity index is 410. The third-order valence-corrected chi connectivity index (χ3v) is 3.09. The molecule has 20 heavy (non-hydrogen) atoms. The van der Waals surface area contributed by atoms with Crippen molar-refractivity contribution in [3.63, 3.8) is 0 Å². The predicted molar refractivity (Wildman–Crippen MR) is 80.6 cm³/mol. The highest BCUT2D eigenvalue weighted by Gasteiger charge is 2.03. The maximum absolute atomic E-state index is 11.1. The molecule has 0 aliphatic carbocycles. The van der Waals surface area contributed by atoms with E-state index in [1.165, 1.54) is 0 Å². The number of carbonyl (C=O) groups is 1. The second-order valence-corrected chi connectivity index (χ2v) is 4.78. The fourth-order valence-corrected chi connectivity index (χ4v) is 1.82. The van der Waals surface area contributed by atoms with Gasteiger partial charge in [0, 0.05) is 33.1 Å². The van der Waals surface area contributed by atoms with Crippen molar-refractivity contribution in [1.82, 2.24) is 10.2 Å². The van der Waals surface area contributed by atoms with Crippen LogP contribution in [-0.2, 0) is 11.3 Å². The summed E-state index contributed by atoms with van der Waals surface area (Å²) in [7, 11) is 3.67. The number of nitrogens with one attached hydrogen (secondary N) is 1. The van der Waals surface area contributed by atoms with Crippen molar-refractivity contribution in [2.45, 2.75) is 19.4 Å². The highest BCUT2D eigenvalue weighted by molar-refractivity contribution is 5.75. The summed E-state index contributed by atoms with van der Waals surface area (Å²) in [6.07, 6.45) is 1.46. The van der Waals surface area contributed by atoms with E-state index < -0.39 is 0 Å². The monoisotopic (exact) mass is 279 g/mol. The average molecular weight is 279 g/mol. The van der Waals surface area contributed by atoms with Gasteiger partial charge in [-0.2, -0.15) is 0 Å². The zero-order valence-electron chi connectivity index (χ0n) is 12.4. The van der Waals surface area contributed by atoms with Gasteiger partial charge in [0.15, 0.2) is 0 Å². The second-order valence-electron chi connectivity index (χ2n) is 4.78. The molecule has 0 aromatic heterocycles. The second kappa shape index (κ2) is 9.34. The van der Waals surface area contributed by atoms with Crippen LogP contribution in [0.1, 0.15) is 18.4 Å². The SMILES string of the molecule is CNC(=O)CCN(C)CCCOc1cccc(CN)c1. The van der Waals surface area contributed by atoms with Crippen LogP contribution in [0.15, 0.2) is 24.3 Å². The first-order valence-electron chi connectivity index (χ1n) is 6.96. The van der Waals surface area contributed by atoms with Crippen molar-refractivity contribution in [2.75, 3.05) is 33.8 Å². The molecule has 0 spiro atoms. The van der Waals surface area contributed by atoms with Gasteiger partial charge in [-0.1, -0.05) is 12.1 Å². The molecule has 0 bridgehead atoms. The summed E-state index contributed by atoms with van der Waals surface area (Å²) < 4.78 is 5.68. The van der Waals surface area contributed by atoms with E-state index in [4.69, 9.17) is 10.5 Å². The molecule has 0 heterocycles. The molecule has 0 saturated heterocycles. The van der Waals surface area contributed by atoms with E-state index in [0.717, 1.165) is 30.8 Å². The molecule has 112 valence electrons. The van der Waals surface area contributed by atoms with Gasteiger partial charge in [-0.3, -0.25) is 4.79 Å².